The lowest BCUT2D eigenvalue weighted by molar-refractivity contribution is -0.149. The summed E-state index contributed by atoms with van der Waals surface area (Å²) in [5.74, 6) is -0.828. The molecule has 2 aromatic carbocycles. The first-order valence-electron chi connectivity index (χ1n) is 8.59. The first-order valence-corrected chi connectivity index (χ1v) is 10.6. The number of thioether (sulfide) groups is 1. The number of esters is 1. The highest BCUT2D eigenvalue weighted by atomic mass is 32.2. The fourth-order valence-electron chi connectivity index (χ4n) is 3.13. The molecule has 0 N–H and O–H groups in total. The Kier molecular flexibility index (Phi) is 5.13. The number of hydrogen-bond donors (Lipinski definition) is 0. The minimum absolute atomic E-state index is 0.0461. The summed E-state index contributed by atoms with van der Waals surface area (Å²) >= 11 is 3.14. The minimum Gasteiger partial charge on any atom is -0.458 e. The Bertz CT molecular complexity index is 969. The summed E-state index contributed by atoms with van der Waals surface area (Å²) in [5, 5.41) is 0.762. The van der Waals surface area contributed by atoms with Crippen LogP contribution in [0.4, 0.5) is 5.69 Å². The summed E-state index contributed by atoms with van der Waals surface area (Å²) in [5.41, 5.74) is 1.73. The molecule has 1 amide bonds. The van der Waals surface area contributed by atoms with E-state index >= 15 is 0 Å². The second-order valence-corrected chi connectivity index (χ2v) is 8.28. The van der Waals surface area contributed by atoms with E-state index < -0.39 is 5.92 Å². The first kappa shape index (κ1) is 18.0. The standard InChI is InChI=1S/C20H18N2O3S2/c1-26-15-6-4-5-14(10-15)22-11-13(9-19(22)23)20(24)25-12-18-21-16-7-2-3-8-17(16)27-18/h2-8,10,13H,9,11-12H2,1H3/t13-/m1/s1. The highest BCUT2D eigenvalue weighted by Crippen LogP contribution is 2.29. The van der Waals surface area contributed by atoms with Crippen LogP contribution in [-0.4, -0.2) is 29.7 Å². The minimum atomic E-state index is -0.440. The first-order chi connectivity index (χ1) is 13.1. The number of amides is 1. The highest BCUT2D eigenvalue weighted by Gasteiger charge is 2.36. The van der Waals surface area contributed by atoms with Crippen LogP contribution < -0.4 is 4.90 Å². The van der Waals surface area contributed by atoms with Gasteiger partial charge in [-0.15, -0.1) is 23.1 Å². The van der Waals surface area contributed by atoms with Gasteiger partial charge in [-0.3, -0.25) is 9.59 Å². The van der Waals surface area contributed by atoms with E-state index in [9.17, 15) is 9.59 Å². The van der Waals surface area contributed by atoms with E-state index in [4.69, 9.17) is 4.74 Å². The molecular weight excluding hydrogens is 380 g/mol. The van der Waals surface area contributed by atoms with E-state index in [1.807, 2.05) is 54.8 Å². The molecule has 0 saturated carbocycles. The van der Waals surface area contributed by atoms with E-state index in [2.05, 4.69) is 4.98 Å². The molecule has 0 unspecified atom stereocenters. The summed E-state index contributed by atoms with van der Waals surface area (Å²) in [6.45, 7) is 0.500. The molecule has 1 fully saturated rings. The Morgan fingerprint density at radius 1 is 1.30 bits per heavy atom. The molecular formula is C20H18N2O3S2. The van der Waals surface area contributed by atoms with Crippen LogP contribution in [0.15, 0.2) is 53.4 Å². The number of benzene rings is 2. The van der Waals surface area contributed by atoms with Gasteiger partial charge >= 0.3 is 5.97 Å². The molecule has 1 saturated heterocycles. The molecule has 4 rings (SSSR count). The molecule has 0 bridgehead atoms. The number of thiazole rings is 1. The normalized spacial score (nSPS) is 16.9. The Morgan fingerprint density at radius 2 is 2.15 bits per heavy atom. The second kappa shape index (κ2) is 7.70. The van der Waals surface area contributed by atoms with Crippen molar-refractivity contribution >= 4 is 50.9 Å². The second-order valence-electron chi connectivity index (χ2n) is 6.29. The van der Waals surface area contributed by atoms with Gasteiger partial charge in [0.1, 0.15) is 11.6 Å². The lowest BCUT2D eigenvalue weighted by atomic mass is 10.1. The molecule has 5 nitrogen and oxygen atoms in total. The van der Waals surface area contributed by atoms with Crippen molar-refractivity contribution in [1.29, 1.82) is 0 Å². The third-order valence-electron chi connectivity index (χ3n) is 4.50. The van der Waals surface area contributed by atoms with Gasteiger partial charge in [-0.05, 0) is 36.6 Å². The van der Waals surface area contributed by atoms with Gasteiger partial charge in [0.2, 0.25) is 5.91 Å². The number of carbonyl (C=O) groups is 2. The zero-order valence-corrected chi connectivity index (χ0v) is 16.4. The Morgan fingerprint density at radius 3 is 2.96 bits per heavy atom. The Labute approximate surface area is 165 Å². The molecule has 0 radical (unpaired) electrons. The smallest absolute Gasteiger partial charge is 0.311 e. The summed E-state index contributed by atoms with van der Waals surface area (Å²) in [4.78, 5) is 32.1. The van der Waals surface area contributed by atoms with Crippen LogP contribution in [-0.2, 0) is 20.9 Å². The zero-order chi connectivity index (χ0) is 18.8. The third-order valence-corrected chi connectivity index (χ3v) is 6.23. The molecule has 1 aliphatic rings. The predicted octanol–water partition coefficient (Wildman–Crippen LogP) is 4.11. The Balaban J connectivity index is 1.40. The average Bonchev–Trinajstić information content (AvgIpc) is 3.29. The van der Waals surface area contributed by atoms with Crippen LogP contribution in [0.5, 0.6) is 0 Å². The summed E-state index contributed by atoms with van der Waals surface area (Å²) in [7, 11) is 0. The van der Waals surface area contributed by atoms with Crippen molar-refractivity contribution in [3.8, 4) is 0 Å². The van der Waals surface area contributed by atoms with Crippen molar-refractivity contribution in [1.82, 2.24) is 4.98 Å². The third kappa shape index (κ3) is 3.84. The zero-order valence-electron chi connectivity index (χ0n) is 14.8. The van der Waals surface area contributed by atoms with Gasteiger partial charge in [0.15, 0.2) is 0 Å². The maximum atomic E-state index is 12.5. The molecule has 1 aromatic heterocycles. The van der Waals surface area contributed by atoms with E-state index in [1.165, 1.54) is 11.3 Å². The van der Waals surface area contributed by atoms with E-state index in [1.54, 1.807) is 16.7 Å². The highest BCUT2D eigenvalue weighted by molar-refractivity contribution is 7.98. The number of rotatable bonds is 5. The van der Waals surface area contributed by atoms with E-state index in [0.29, 0.717) is 6.54 Å². The quantitative estimate of drug-likeness (QED) is 0.478. The van der Waals surface area contributed by atoms with Crippen LogP contribution in [0, 0.1) is 5.92 Å². The van der Waals surface area contributed by atoms with E-state index in [0.717, 1.165) is 25.8 Å². The van der Waals surface area contributed by atoms with Crippen LogP contribution in [0.3, 0.4) is 0 Å². The lowest BCUT2D eigenvalue weighted by Gasteiger charge is -2.17. The number of carbonyl (C=O) groups excluding carboxylic acids is 2. The SMILES string of the molecule is CSc1cccc(N2C[C@H](C(=O)OCc3nc4ccccc4s3)CC2=O)c1. The lowest BCUT2D eigenvalue weighted by Crippen LogP contribution is -2.26. The van der Waals surface area contributed by atoms with Gasteiger partial charge in [0, 0.05) is 23.5 Å². The topological polar surface area (TPSA) is 59.5 Å². The van der Waals surface area contributed by atoms with Crippen molar-refractivity contribution in [2.24, 2.45) is 5.92 Å². The van der Waals surface area contributed by atoms with Crippen LogP contribution in [0.25, 0.3) is 10.2 Å². The maximum absolute atomic E-state index is 12.5. The number of ether oxygens (including phenoxy) is 1. The monoisotopic (exact) mass is 398 g/mol. The van der Waals surface area contributed by atoms with Gasteiger partial charge in [-0.25, -0.2) is 4.98 Å². The Hall–Kier alpha value is -2.38. The number of fused-ring (bicyclic) bond motifs is 1. The summed E-state index contributed by atoms with van der Waals surface area (Å²) < 4.78 is 6.51. The van der Waals surface area contributed by atoms with Crippen LogP contribution >= 0.6 is 23.1 Å². The molecule has 2 heterocycles. The number of para-hydroxylation sites is 1. The molecule has 3 aromatic rings. The van der Waals surface area contributed by atoms with Gasteiger partial charge in [0.05, 0.1) is 16.1 Å². The summed E-state index contributed by atoms with van der Waals surface area (Å²) in [6.07, 6.45) is 2.18. The van der Waals surface area contributed by atoms with Crippen molar-refractivity contribution in [2.75, 3.05) is 17.7 Å². The van der Waals surface area contributed by atoms with Crippen molar-refractivity contribution in [3.05, 3.63) is 53.5 Å². The molecule has 1 aliphatic heterocycles. The number of anilines is 1. The van der Waals surface area contributed by atoms with Crippen molar-refractivity contribution in [2.45, 2.75) is 17.9 Å². The summed E-state index contributed by atoms with van der Waals surface area (Å²) in [6, 6.07) is 15.6. The molecule has 0 aliphatic carbocycles. The fourth-order valence-corrected chi connectivity index (χ4v) is 4.46. The molecule has 138 valence electrons. The molecule has 0 spiro atoms. The van der Waals surface area contributed by atoms with Gasteiger partial charge in [-0.2, -0.15) is 0 Å². The van der Waals surface area contributed by atoms with Gasteiger partial charge < -0.3 is 9.64 Å². The number of aromatic nitrogens is 1. The van der Waals surface area contributed by atoms with Crippen molar-refractivity contribution in [3.63, 3.8) is 0 Å². The average molecular weight is 399 g/mol. The number of hydrogen-bond acceptors (Lipinski definition) is 6. The molecule has 7 heteroatoms. The van der Waals surface area contributed by atoms with Gasteiger partial charge in [-0.1, -0.05) is 18.2 Å². The van der Waals surface area contributed by atoms with Crippen LogP contribution in [0.2, 0.25) is 0 Å². The fraction of sp³-hybridized carbons (Fsp3) is 0.250. The molecule has 1 atom stereocenters. The van der Waals surface area contributed by atoms with Crippen LogP contribution in [0.1, 0.15) is 11.4 Å². The van der Waals surface area contributed by atoms with E-state index in [-0.39, 0.29) is 24.9 Å². The maximum Gasteiger partial charge on any atom is 0.311 e. The largest absolute Gasteiger partial charge is 0.458 e. The predicted molar refractivity (Wildman–Crippen MR) is 108 cm³/mol. The van der Waals surface area contributed by atoms with Crippen molar-refractivity contribution < 1.29 is 14.3 Å². The number of nitrogens with zero attached hydrogens (tertiary/aromatic N) is 2. The van der Waals surface area contributed by atoms with Gasteiger partial charge in [0.25, 0.3) is 0 Å². The molecule has 27 heavy (non-hydrogen) atoms.